The first-order valence-electron chi connectivity index (χ1n) is 8.52. The molecule has 3 rings (SSSR count). The minimum atomic E-state index is -0.0431. The third-order valence-corrected chi connectivity index (χ3v) is 5.44. The normalized spacial score (nSPS) is 16.2. The van der Waals surface area contributed by atoms with E-state index in [4.69, 9.17) is 14.2 Å². The van der Waals surface area contributed by atoms with Crippen molar-refractivity contribution in [1.29, 1.82) is 0 Å². The number of carbonyl (C=O) groups is 1. The Labute approximate surface area is 158 Å². The van der Waals surface area contributed by atoms with E-state index in [2.05, 4.69) is 0 Å². The van der Waals surface area contributed by atoms with Gasteiger partial charge < -0.3 is 19.1 Å². The molecule has 0 radical (unpaired) electrons. The van der Waals surface area contributed by atoms with Gasteiger partial charge in [-0.15, -0.1) is 0 Å². The third kappa shape index (κ3) is 4.25. The van der Waals surface area contributed by atoms with E-state index in [1.807, 2.05) is 47.0 Å². The van der Waals surface area contributed by atoms with E-state index >= 15 is 0 Å². The maximum atomic E-state index is 12.9. The van der Waals surface area contributed by atoms with Crippen molar-refractivity contribution in [3.05, 3.63) is 48.5 Å². The Morgan fingerprint density at radius 1 is 1.12 bits per heavy atom. The summed E-state index contributed by atoms with van der Waals surface area (Å²) in [5.74, 6) is 3.77. The highest BCUT2D eigenvalue weighted by Crippen LogP contribution is 2.31. The predicted molar refractivity (Wildman–Crippen MR) is 105 cm³/mol. The fourth-order valence-electron chi connectivity index (χ4n) is 2.99. The van der Waals surface area contributed by atoms with Crippen molar-refractivity contribution in [3.63, 3.8) is 0 Å². The SMILES string of the molecule is COc1ccc(OCC(=O)N(c2ccccc2)C2CCSC2)cc1OC. The van der Waals surface area contributed by atoms with Crippen molar-refractivity contribution in [2.24, 2.45) is 0 Å². The molecule has 0 aromatic heterocycles. The number of anilines is 1. The van der Waals surface area contributed by atoms with Crippen LogP contribution in [0.5, 0.6) is 17.2 Å². The molecule has 0 aliphatic carbocycles. The number of benzene rings is 2. The van der Waals surface area contributed by atoms with E-state index < -0.39 is 0 Å². The Kier molecular flexibility index (Phi) is 6.28. The molecule has 1 fully saturated rings. The molecule has 1 aliphatic heterocycles. The van der Waals surface area contributed by atoms with Gasteiger partial charge in [-0.25, -0.2) is 0 Å². The molecule has 5 nitrogen and oxygen atoms in total. The Bertz CT molecular complexity index is 732. The Balaban J connectivity index is 1.72. The van der Waals surface area contributed by atoms with Gasteiger partial charge in [0, 0.05) is 23.5 Å². The predicted octanol–water partition coefficient (Wildman–Crippen LogP) is 3.62. The minimum absolute atomic E-state index is 0.0223. The van der Waals surface area contributed by atoms with Gasteiger partial charge in [-0.2, -0.15) is 11.8 Å². The summed E-state index contributed by atoms with van der Waals surface area (Å²) >= 11 is 1.88. The second-order valence-electron chi connectivity index (χ2n) is 5.92. The number of amides is 1. The summed E-state index contributed by atoms with van der Waals surface area (Å²) in [7, 11) is 3.15. The first kappa shape index (κ1) is 18.5. The molecule has 26 heavy (non-hydrogen) atoms. The lowest BCUT2D eigenvalue weighted by molar-refractivity contribution is -0.121. The topological polar surface area (TPSA) is 48.0 Å². The molecule has 2 aromatic rings. The van der Waals surface area contributed by atoms with Crippen molar-refractivity contribution in [1.82, 2.24) is 0 Å². The molecule has 1 saturated heterocycles. The fourth-order valence-corrected chi connectivity index (χ4v) is 4.19. The molecule has 0 saturated carbocycles. The van der Waals surface area contributed by atoms with E-state index in [0.29, 0.717) is 17.2 Å². The molecule has 6 heteroatoms. The summed E-state index contributed by atoms with van der Waals surface area (Å²) in [4.78, 5) is 14.8. The second-order valence-corrected chi connectivity index (χ2v) is 7.07. The van der Waals surface area contributed by atoms with Crippen LogP contribution in [0.25, 0.3) is 0 Å². The van der Waals surface area contributed by atoms with Crippen LogP contribution in [0, 0.1) is 0 Å². The number of hydrogen-bond acceptors (Lipinski definition) is 5. The number of para-hydroxylation sites is 1. The minimum Gasteiger partial charge on any atom is -0.493 e. The summed E-state index contributed by atoms with van der Waals surface area (Å²) in [5, 5.41) is 0. The van der Waals surface area contributed by atoms with Crippen LogP contribution in [0.4, 0.5) is 5.69 Å². The first-order chi connectivity index (χ1) is 12.7. The number of rotatable bonds is 7. The van der Waals surface area contributed by atoms with Crippen molar-refractivity contribution < 1.29 is 19.0 Å². The molecular weight excluding hydrogens is 350 g/mol. The standard InChI is InChI=1S/C20H23NO4S/c1-23-18-9-8-17(12-19(18)24-2)25-13-20(22)21(16-10-11-26-14-16)15-6-4-3-5-7-15/h3-9,12,16H,10-11,13-14H2,1-2H3. The van der Waals surface area contributed by atoms with Gasteiger partial charge in [0.15, 0.2) is 18.1 Å². The highest BCUT2D eigenvalue weighted by molar-refractivity contribution is 7.99. The van der Waals surface area contributed by atoms with Crippen LogP contribution in [-0.2, 0) is 4.79 Å². The molecule has 1 heterocycles. The lowest BCUT2D eigenvalue weighted by Crippen LogP contribution is -2.43. The highest BCUT2D eigenvalue weighted by Gasteiger charge is 2.28. The summed E-state index contributed by atoms with van der Waals surface area (Å²) in [6, 6.07) is 15.3. The maximum absolute atomic E-state index is 12.9. The van der Waals surface area contributed by atoms with Crippen LogP contribution in [-0.4, -0.2) is 44.3 Å². The van der Waals surface area contributed by atoms with Crippen LogP contribution in [0.2, 0.25) is 0 Å². The second kappa shape index (κ2) is 8.85. The van der Waals surface area contributed by atoms with Gasteiger partial charge in [0.05, 0.1) is 14.2 Å². The summed E-state index contributed by atoms with van der Waals surface area (Å²) < 4.78 is 16.2. The summed E-state index contributed by atoms with van der Waals surface area (Å²) in [6.45, 7) is -0.0223. The number of hydrogen-bond donors (Lipinski definition) is 0. The van der Waals surface area contributed by atoms with Crippen LogP contribution < -0.4 is 19.1 Å². The van der Waals surface area contributed by atoms with E-state index in [9.17, 15) is 4.79 Å². The average Bonchev–Trinajstić information content (AvgIpc) is 3.21. The molecule has 1 unspecified atom stereocenters. The van der Waals surface area contributed by atoms with E-state index in [-0.39, 0.29) is 18.6 Å². The number of nitrogens with zero attached hydrogens (tertiary/aromatic N) is 1. The van der Waals surface area contributed by atoms with Gasteiger partial charge in [-0.3, -0.25) is 4.79 Å². The van der Waals surface area contributed by atoms with Gasteiger partial charge in [0.25, 0.3) is 5.91 Å². The molecule has 0 N–H and O–H groups in total. The van der Waals surface area contributed by atoms with Crippen molar-refractivity contribution in [2.45, 2.75) is 12.5 Å². The van der Waals surface area contributed by atoms with E-state index in [1.54, 1.807) is 32.4 Å². The molecule has 1 aliphatic rings. The first-order valence-corrected chi connectivity index (χ1v) is 9.68. The van der Waals surface area contributed by atoms with E-state index in [1.165, 1.54) is 0 Å². The average molecular weight is 373 g/mol. The molecular formula is C20H23NO4S. The summed E-state index contributed by atoms with van der Waals surface area (Å²) in [6.07, 6.45) is 1.00. The Morgan fingerprint density at radius 2 is 1.88 bits per heavy atom. The lowest BCUT2D eigenvalue weighted by Gasteiger charge is -2.28. The number of carbonyl (C=O) groups excluding carboxylic acids is 1. The zero-order valence-electron chi connectivity index (χ0n) is 15.0. The van der Waals surface area contributed by atoms with Crippen LogP contribution >= 0.6 is 11.8 Å². The molecule has 0 bridgehead atoms. The molecule has 2 aromatic carbocycles. The molecule has 1 atom stereocenters. The zero-order valence-corrected chi connectivity index (χ0v) is 15.8. The van der Waals surface area contributed by atoms with Crippen molar-refractivity contribution in [2.75, 3.05) is 37.2 Å². The number of thioether (sulfide) groups is 1. The van der Waals surface area contributed by atoms with E-state index in [0.717, 1.165) is 23.6 Å². The highest BCUT2D eigenvalue weighted by atomic mass is 32.2. The van der Waals surface area contributed by atoms with Gasteiger partial charge in [-0.1, -0.05) is 18.2 Å². The monoisotopic (exact) mass is 373 g/mol. The van der Waals surface area contributed by atoms with Gasteiger partial charge in [-0.05, 0) is 36.4 Å². The number of ether oxygens (including phenoxy) is 3. The lowest BCUT2D eigenvalue weighted by atomic mass is 10.2. The molecule has 138 valence electrons. The van der Waals surface area contributed by atoms with Gasteiger partial charge in [0.1, 0.15) is 5.75 Å². The Morgan fingerprint density at radius 3 is 2.54 bits per heavy atom. The van der Waals surface area contributed by atoms with Crippen molar-refractivity contribution in [3.8, 4) is 17.2 Å². The maximum Gasteiger partial charge on any atom is 0.265 e. The Hall–Kier alpha value is -2.34. The van der Waals surface area contributed by atoms with Gasteiger partial charge >= 0.3 is 0 Å². The molecule has 1 amide bonds. The van der Waals surface area contributed by atoms with Crippen LogP contribution in [0.15, 0.2) is 48.5 Å². The molecule has 0 spiro atoms. The smallest absolute Gasteiger partial charge is 0.265 e. The van der Waals surface area contributed by atoms with Gasteiger partial charge in [0.2, 0.25) is 0 Å². The largest absolute Gasteiger partial charge is 0.493 e. The zero-order chi connectivity index (χ0) is 18.4. The summed E-state index contributed by atoms with van der Waals surface area (Å²) in [5.41, 5.74) is 0.918. The quantitative estimate of drug-likeness (QED) is 0.742. The number of methoxy groups -OCH3 is 2. The van der Waals surface area contributed by atoms with Crippen LogP contribution in [0.1, 0.15) is 6.42 Å². The van der Waals surface area contributed by atoms with Crippen molar-refractivity contribution >= 4 is 23.4 Å². The fraction of sp³-hybridized carbons (Fsp3) is 0.350. The van der Waals surface area contributed by atoms with Crippen LogP contribution in [0.3, 0.4) is 0 Å². The third-order valence-electron chi connectivity index (χ3n) is 4.29.